The molecule has 2 fully saturated rings. The Labute approximate surface area is 117 Å². The van der Waals surface area contributed by atoms with E-state index in [9.17, 15) is 4.79 Å². The minimum Gasteiger partial charge on any atom is -0.445 e. The highest BCUT2D eigenvalue weighted by molar-refractivity contribution is 7.98. The van der Waals surface area contributed by atoms with Crippen molar-refractivity contribution < 1.29 is 9.21 Å². The Hall–Kier alpha value is -0.650. The number of amides is 1. The normalized spacial score (nSPS) is 25.9. The molecule has 6 heteroatoms. The van der Waals surface area contributed by atoms with Crippen LogP contribution in [0.1, 0.15) is 10.6 Å². The number of hydrogen-bond donors (Lipinski definition) is 1. The maximum absolute atomic E-state index is 12.2. The first kappa shape index (κ1) is 13.8. The zero-order valence-corrected chi connectivity index (χ0v) is 11.9. The molecule has 4 nitrogen and oxygen atoms in total. The second-order valence-corrected chi connectivity index (χ2v) is 5.52. The molecule has 0 spiro atoms. The third-order valence-electron chi connectivity index (χ3n) is 3.67. The van der Waals surface area contributed by atoms with Crippen molar-refractivity contribution in [3.63, 3.8) is 0 Å². The molecule has 3 heterocycles. The van der Waals surface area contributed by atoms with E-state index in [4.69, 9.17) is 4.42 Å². The van der Waals surface area contributed by atoms with Gasteiger partial charge in [0.25, 0.3) is 5.91 Å². The lowest BCUT2D eigenvalue weighted by Gasteiger charge is -2.15. The van der Waals surface area contributed by atoms with Gasteiger partial charge in [-0.2, -0.15) is 0 Å². The quantitative estimate of drug-likeness (QED) is 0.842. The van der Waals surface area contributed by atoms with Crippen LogP contribution in [0.15, 0.2) is 21.6 Å². The fourth-order valence-electron chi connectivity index (χ4n) is 2.72. The standard InChI is InChI=1S/C12H16N2O2S.ClH/c1-17-11-3-2-10(16-11)12(15)14-6-8-4-13-5-9(8)7-14;/h2-3,8-9,13H,4-7H2,1H3;1H/t8-,9+;. The number of carbonyl (C=O) groups excluding carboxylic acids is 1. The van der Waals surface area contributed by atoms with Crippen LogP contribution in [0.4, 0.5) is 0 Å². The fraction of sp³-hybridized carbons (Fsp3) is 0.583. The molecule has 18 heavy (non-hydrogen) atoms. The molecule has 3 rings (SSSR count). The number of furan rings is 1. The van der Waals surface area contributed by atoms with Crippen molar-refractivity contribution in [2.75, 3.05) is 32.4 Å². The Morgan fingerprint density at radius 2 is 2.06 bits per heavy atom. The van der Waals surface area contributed by atoms with Crippen molar-refractivity contribution in [2.45, 2.75) is 5.09 Å². The molecule has 1 amide bonds. The summed E-state index contributed by atoms with van der Waals surface area (Å²) in [5.41, 5.74) is 0. The van der Waals surface area contributed by atoms with Gasteiger partial charge in [-0.1, -0.05) is 11.8 Å². The van der Waals surface area contributed by atoms with Crippen LogP contribution in [-0.4, -0.2) is 43.2 Å². The lowest BCUT2D eigenvalue weighted by Crippen LogP contribution is -2.31. The number of nitrogens with zero attached hydrogens (tertiary/aromatic N) is 1. The minimum absolute atomic E-state index is 0. The third-order valence-corrected chi connectivity index (χ3v) is 4.29. The largest absolute Gasteiger partial charge is 0.445 e. The van der Waals surface area contributed by atoms with E-state index >= 15 is 0 Å². The summed E-state index contributed by atoms with van der Waals surface area (Å²) in [7, 11) is 0. The second-order valence-electron chi connectivity index (χ2n) is 4.71. The molecule has 2 aliphatic heterocycles. The van der Waals surface area contributed by atoms with Gasteiger partial charge >= 0.3 is 0 Å². The van der Waals surface area contributed by atoms with E-state index in [2.05, 4.69) is 5.32 Å². The number of hydrogen-bond acceptors (Lipinski definition) is 4. The van der Waals surface area contributed by atoms with E-state index in [-0.39, 0.29) is 18.3 Å². The summed E-state index contributed by atoms with van der Waals surface area (Å²) in [6, 6.07) is 3.64. The summed E-state index contributed by atoms with van der Waals surface area (Å²) in [6.07, 6.45) is 1.94. The maximum atomic E-state index is 12.2. The number of carbonyl (C=O) groups is 1. The number of halogens is 1. The topological polar surface area (TPSA) is 45.5 Å². The molecule has 0 aromatic carbocycles. The van der Waals surface area contributed by atoms with Gasteiger partial charge in [0.1, 0.15) is 0 Å². The van der Waals surface area contributed by atoms with Gasteiger partial charge in [0.2, 0.25) is 0 Å². The monoisotopic (exact) mass is 288 g/mol. The SMILES string of the molecule is CSc1ccc(C(=O)N2C[C@H]3CNC[C@H]3C2)o1.Cl. The number of thioether (sulfide) groups is 1. The number of likely N-dealkylation sites (tertiary alicyclic amines) is 1. The average Bonchev–Trinajstić information content (AvgIpc) is 3.02. The Bertz CT molecular complexity index is 425. The Morgan fingerprint density at radius 3 is 2.61 bits per heavy atom. The molecule has 0 bridgehead atoms. The van der Waals surface area contributed by atoms with Crippen LogP contribution in [0.3, 0.4) is 0 Å². The Balaban J connectivity index is 0.00000120. The van der Waals surface area contributed by atoms with Crippen molar-refractivity contribution in [1.82, 2.24) is 10.2 Å². The zero-order chi connectivity index (χ0) is 11.8. The lowest BCUT2D eigenvalue weighted by molar-refractivity contribution is 0.0744. The van der Waals surface area contributed by atoms with Crippen molar-refractivity contribution in [2.24, 2.45) is 11.8 Å². The van der Waals surface area contributed by atoms with Gasteiger partial charge in [0, 0.05) is 26.2 Å². The highest BCUT2D eigenvalue weighted by Gasteiger charge is 2.38. The molecule has 1 aromatic heterocycles. The summed E-state index contributed by atoms with van der Waals surface area (Å²) in [6.45, 7) is 3.82. The Morgan fingerprint density at radius 1 is 1.39 bits per heavy atom. The first-order chi connectivity index (χ1) is 8.28. The summed E-state index contributed by atoms with van der Waals surface area (Å²) >= 11 is 1.52. The third kappa shape index (κ3) is 2.39. The van der Waals surface area contributed by atoms with Gasteiger partial charge in [0.15, 0.2) is 10.9 Å². The van der Waals surface area contributed by atoms with Crippen LogP contribution in [0, 0.1) is 11.8 Å². The summed E-state index contributed by atoms with van der Waals surface area (Å²) in [4.78, 5) is 14.1. The number of rotatable bonds is 2. The van der Waals surface area contributed by atoms with Crippen LogP contribution in [-0.2, 0) is 0 Å². The molecule has 2 saturated heterocycles. The first-order valence-corrected chi connectivity index (χ1v) is 7.14. The molecule has 2 aliphatic rings. The van der Waals surface area contributed by atoms with Crippen LogP contribution >= 0.6 is 24.2 Å². The molecular formula is C12H17ClN2O2S. The molecule has 0 aliphatic carbocycles. The first-order valence-electron chi connectivity index (χ1n) is 5.91. The zero-order valence-electron chi connectivity index (χ0n) is 10.2. The lowest BCUT2D eigenvalue weighted by atomic mass is 10.0. The molecular weight excluding hydrogens is 272 g/mol. The van der Waals surface area contributed by atoms with Gasteiger partial charge in [-0.25, -0.2) is 0 Å². The van der Waals surface area contributed by atoms with E-state index in [1.165, 1.54) is 11.8 Å². The molecule has 100 valence electrons. The second kappa shape index (κ2) is 5.55. The van der Waals surface area contributed by atoms with E-state index in [1.807, 2.05) is 17.2 Å². The average molecular weight is 289 g/mol. The highest BCUT2D eigenvalue weighted by atomic mass is 35.5. The highest BCUT2D eigenvalue weighted by Crippen LogP contribution is 2.28. The van der Waals surface area contributed by atoms with Crippen molar-refractivity contribution in [3.8, 4) is 0 Å². The minimum atomic E-state index is 0. The molecule has 0 saturated carbocycles. The number of nitrogens with one attached hydrogen (secondary N) is 1. The Kier molecular flexibility index (Phi) is 4.25. The predicted molar refractivity (Wildman–Crippen MR) is 73.5 cm³/mol. The maximum Gasteiger partial charge on any atom is 0.289 e. The van der Waals surface area contributed by atoms with Crippen LogP contribution < -0.4 is 5.32 Å². The van der Waals surface area contributed by atoms with E-state index in [0.717, 1.165) is 31.3 Å². The summed E-state index contributed by atoms with van der Waals surface area (Å²) in [5.74, 6) is 1.78. The fourth-order valence-corrected chi connectivity index (χ4v) is 3.10. The van der Waals surface area contributed by atoms with Gasteiger partial charge in [-0.3, -0.25) is 4.79 Å². The van der Waals surface area contributed by atoms with Crippen molar-refractivity contribution in [1.29, 1.82) is 0 Å². The van der Waals surface area contributed by atoms with Gasteiger partial charge in [-0.15, -0.1) is 12.4 Å². The van der Waals surface area contributed by atoms with Crippen molar-refractivity contribution >= 4 is 30.1 Å². The van der Waals surface area contributed by atoms with Gasteiger partial charge in [0.05, 0.1) is 0 Å². The van der Waals surface area contributed by atoms with E-state index < -0.39 is 0 Å². The molecule has 0 unspecified atom stereocenters. The van der Waals surface area contributed by atoms with Crippen LogP contribution in [0.25, 0.3) is 0 Å². The molecule has 0 radical (unpaired) electrons. The smallest absolute Gasteiger partial charge is 0.289 e. The summed E-state index contributed by atoms with van der Waals surface area (Å²) < 4.78 is 5.49. The van der Waals surface area contributed by atoms with Crippen LogP contribution in [0.2, 0.25) is 0 Å². The van der Waals surface area contributed by atoms with Gasteiger partial charge in [-0.05, 0) is 30.2 Å². The number of fused-ring (bicyclic) bond motifs is 1. The van der Waals surface area contributed by atoms with E-state index in [0.29, 0.717) is 17.6 Å². The molecule has 1 N–H and O–H groups in total. The van der Waals surface area contributed by atoms with Gasteiger partial charge < -0.3 is 14.6 Å². The van der Waals surface area contributed by atoms with Crippen molar-refractivity contribution in [3.05, 3.63) is 17.9 Å². The predicted octanol–water partition coefficient (Wildman–Crippen LogP) is 1.71. The summed E-state index contributed by atoms with van der Waals surface area (Å²) in [5, 5.41) is 4.17. The molecule has 2 atom stereocenters. The van der Waals surface area contributed by atoms with Crippen LogP contribution in [0.5, 0.6) is 0 Å². The molecule has 1 aromatic rings. The van der Waals surface area contributed by atoms with E-state index in [1.54, 1.807) is 6.07 Å².